The molecule has 1 saturated heterocycles. The van der Waals surface area contributed by atoms with Crippen LogP contribution in [0.2, 0.25) is 0 Å². The average Bonchev–Trinajstić information content (AvgIpc) is 2.46. The van der Waals surface area contributed by atoms with Gasteiger partial charge in [-0.1, -0.05) is 0 Å². The van der Waals surface area contributed by atoms with Gasteiger partial charge in [0.2, 0.25) is 0 Å². The van der Waals surface area contributed by atoms with Crippen LogP contribution in [0.3, 0.4) is 0 Å². The Kier molecular flexibility index (Phi) is 3.99. The molecule has 1 fully saturated rings. The first-order valence-corrected chi connectivity index (χ1v) is 6.17. The van der Waals surface area contributed by atoms with Gasteiger partial charge in [0, 0.05) is 12.7 Å². The van der Waals surface area contributed by atoms with Gasteiger partial charge in [-0.05, 0) is 25.3 Å². The maximum atomic E-state index is 12.4. The number of carbonyl (C=O) groups is 2. The first-order chi connectivity index (χ1) is 9.15. The first-order valence-electron chi connectivity index (χ1n) is 6.17. The highest BCUT2D eigenvalue weighted by molar-refractivity contribution is 5.98. The van der Waals surface area contributed by atoms with Gasteiger partial charge in [0.15, 0.2) is 0 Å². The van der Waals surface area contributed by atoms with Crippen molar-refractivity contribution < 1.29 is 19.4 Å². The summed E-state index contributed by atoms with van der Waals surface area (Å²) in [6.07, 6.45) is 5.09. The molecule has 2 rings (SSSR count). The number of ether oxygens (including phenoxy) is 1. The van der Waals surface area contributed by atoms with Crippen LogP contribution in [-0.2, 0) is 4.79 Å². The largest absolute Gasteiger partial charge is 0.494 e. The SMILES string of the molecule is COc1cnccc1C(=O)N1CCCCC1C(=O)O. The minimum absolute atomic E-state index is 0.314. The van der Waals surface area contributed by atoms with Crippen LogP contribution in [-0.4, -0.2) is 46.6 Å². The summed E-state index contributed by atoms with van der Waals surface area (Å²) >= 11 is 0. The average molecular weight is 264 g/mol. The Bertz CT molecular complexity index is 489. The van der Waals surface area contributed by atoms with Gasteiger partial charge in [-0.3, -0.25) is 9.78 Å². The van der Waals surface area contributed by atoms with Gasteiger partial charge < -0.3 is 14.7 Å². The summed E-state index contributed by atoms with van der Waals surface area (Å²) in [5, 5.41) is 9.19. The maximum absolute atomic E-state index is 12.4. The maximum Gasteiger partial charge on any atom is 0.326 e. The van der Waals surface area contributed by atoms with E-state index in [0.29, 0.717) is 24.3 Å². The summed E-state index contributed by atoms with van der Waals surface area (Å²) in [6, 6.07) is 0.799. The summed E-state index contributed by atoms with van der Waals surface area (Å²) in [5.41, 5.74) is 0.352. The van der Waals surface area contributed by atoms with E-state index in [2.05, 4.69) is 4.98 Å². The number of pyridine rings is 1. The van der Waals surface area contributed by atoms with E-state index in [-0.39, 0.29) is 5.91 Å². The van der Waals surface area contributed by atoms with Crippen LogP contribution in [0.15, 0.2) is 18.5 Å². The van der Waals surface area contributed by atoms with Crippen LogP contribution >= 0.6 is 0 Å². The fourth-order valence-corrected chi connectivity index (χ4v) is 2.31. The number of hydrogen-bond acceptors (Lipinski definition) is 4. The van der Waals surface area contributed by atoms with E-state index in [1.165, 1.54) is 24.4 Å². The molecule has 19 heavy (non-hydrogen) atoms. The van der Waals surface area contributed by atoms with Crippen LogP contribution in [0.25, 0.3) is 0 Å². The van der Waals surface area contributed by atoms with E-state index < -0.39 is 12.0 Å². The number of carboxylic acids is 1. The fraction of sp³-hybridized carbons (Fsp3) is 0.462. The van der Waals surface area contributed by atoms with Gasteiger partial charge >= 0.3 is 5.97 Å². The van der Waals surface area contributed by atoms with Crippen molar-refractivity contribution in [1.29, 1.82) is 0 Å². The van der Waals surface area contributed by atoms with E-state index in [4.69, 9.17) is 4.74 Å². The molecule has 1 aromatic rings. The Morgan fingerprint density at radius 3 is 2.95 bits per heavy atom. The Morgan fingerprint density at radius 1 is 1.47 bits per heavy atom. The van der Waals surface area contributed by atoms with E-state index in [0.717, 1.165) is 12.8 Å². The molecule has 2 heterocycles. The van der Waals surface area contributed by atoms with Gasteiger partial charge in [-0.2, -0.15) is 0 Å². The van der Waals surface area contributed by atoms with Crippen LogP contribution in [0.5, 0.6) is 5.75 Å². The molecule has 0 aromatic carbocycles. The number of hydrogen-bond donors (Lipinski definition) is 1. The molecule has 0 spiro atoms. The monoisotopic (exact) mass is 264 g/mol. The van der Waals surface area contributed by atoms with Crippen LogP contribution in [0.4, 0.5) is 0 Å². The number of amides is 1. The van der Waals surface area contributed by atoms with Crippen molar-refractivity contribution in [2.75, 3.05) is 13.7 Å². The topological polar surface area (TPSA) is 79.7 Å². The highest BCUT2D eigenvalue weighted by atomic mass is 16.5. The van der Waals surface area contributed by atoms with Gasteiger partial charge in [0.25, 0.3) is 5.91 Å². The van der Waals surface area contributed by atoms with Crippen molar-refractivity contribution in [3.8, 4) is 5.75 Å². The molecule has 0 saturated carbocycles. The molecule has 1 unspecified atom stereocenters. The summed E-state index contributed by atoms with van der Waals surface area (Å²) < 4.78 is 5.10. The van der Waals surface area contributed by atoms with Gasteiger partial charge in [-0.25, -0.2) is 4.79 Å². The van der Waals surface area contributed by atoms with Crippen LogP contribution in [0, 0.1) is 0 Å². The Labute approximate surface area is 111 Å². The standard InChI is InChI=1S/C13H16N2O4/c1-19-11-8-14-6-5-9(11)12(16)15-7-3-2-4-10(15)13(17)18/h5-6,8,10H,2-4,7H2,1H3,(H,17,18). The fourth-order valence-electron chi connectivity index (χ4n) is 2.31. The van der Waals surface area contributed by atoms with E-state index in [1.807, 2.05) is 0 Å². The lowest BCUT2D eigenvalue weighted by Crippen LogP contribution is -2.48. The Hall–Kier alpha value is -2.11. The molecule has 0 aliphatic carbocycles. The van der Waals surface area contributed by atoms with Crippen molar-refractivity contribution in [2.45, 2.75) is 25.3 Å². The quantitative estimate of drug-likeness (QED) is 0.886. The number of aliphatic carboxylic acids is 1. The second-order valence-electron chi connectivity index (χ2n) is 4.42. The van der Waals surface area contributed by atoms with E-state index in [9.17, 15) is 14.7 Å². The van der Waals surface area contributed by atoms with Crippen molar-refractivity contribution in [3.05, 3.63) is 24.0 Å². The molecule has 1 N–H and O–H groups in total. The molecule has 1 aliphatic rings. The molecule has 6 heteroatoms. The number of carbonyl (C=O) groups excluding carboxylic acids is 1. The lowest BCUT2D eigenvalue weighted by atomic mass is 10.0. The zero-order valence-electron chi connectivity index (χ0n) is 10.7. The third-order valence-electron chi connectivity index (χ3n) is 3.28. The second-order valence-corrected chi connectivity index (χ2v) is 4.42. The van der Waals surface area contributed by atoms with Crippen LogP contribution < -0.4 is 4.74 Å². The molecule has 6 nitrogen and oxygen atoms in total. The van der Waals surface area contributed by atoms with Crippen molar-refractivity contribution >= 4 is 11.9 Å². The lowest BCUT2D eigenvalue weighted by molar-refractivity contribution is -0.143. The zero-order chi connectivity index (χ0) is 13.8. The van der Waals surface area contributed by atoms with E-state index >= 15 is 0 Å². The van der Waals surface area contributed by atoms with Crippen molar-refractivity contribution in [1.82, 2.24) is 9.88 Å². The molecule has 0 bridgehead atoms. The summed E-state index contributed by atoms with van der Waals surface area (Å²) in [5.74, 6) is -0.908. The Balaban J connectivity index is 2.29. The number of nitrogens with zero attached hydrogens (tertiary/aromatic N) is 2. The number of methoxy groups -OCH3 is 1. The minimum atomic E-state index is -0.957. The van der Waals surface area contributed by atoms with Crippen molar-refractivity contribution in [3.63, 3.8) is 0 Å². The highest BCUT2D eigenvalue weighted by Crippen LogP contribution is 2.23. The molecule has 0 radical (unpaired) electrons. The molecular formula is C13H16N2O4. The third-order valence-corrected chi connectivity index (χ3v) is 3.28. The molecule has 102 valence electrons. The van der Waals surface area contributed by atoms with Gasteiger partial charge in [0.1, 0.15) is 11.8 Å². The predicted octanol–water partition coefficient (Wildman–Crippen LogP) is 1.17. The lowest BCUT2D eigenvalue weighted by Gasteiger charge is -2.33. The van der Waals surface area contributed by atoms with Gasteiger partial charge in [-0.15, -0.1) is 0 Å². The predicted molar refractivity (Wildman–Crippen MR) is 67.1 cm³/mol. The second kappa shape index (κ2) is 5.69. The molecule has 1 amide bonds. The number of piperidine rings is 1. The van der Waals surface area contributed by atoms with Crippen molar-refractivity contribution in [2.24, 2.45) is 0 Å². The summed E-state index contributed by atoms with van der Waals surface area (Å²) in [4.78, 5) is 29.0. The third kappa shape index (κ3) is 2.67. The number of carboxylic acid groups (broad SMARTS) is 1. The number of aromatic nitrogens is 1. The van der Waals surface area contributed by atoms with Crippen LogP contribution in [0.1, 0.15) is 29.6 Å². The Morgan fingerprint density at radius 2 is 2.26 bits per heavy atom. The van der Waals surface area contributed by atoms with Gasteiger partial charge in [0.05, 0.1) is 18.9 Å². The molecule has 1 aromatic heterocycles. The number of rotatable bonds is 3. The smallest absolute Gasteiger partial charge is 0.326 e. The molecular weight excluding hydrogens is 248 g/mol. The zero-order valence-corrected chi connectivity index (χ0v) is 10.7. The summed E-state index contributed by atoms with van der Waals surface area (Å²) in [7, 11) is 1.46. The molecule has 1 atom stereocenters. The number of likely N-dealkylation sites (tertiary alicyclic amines) is 1. The minimum Gasteiger partial charge on any atom is -0.494 e. The first kappa shape index (κ1) is 13.3. The summed E-state index contributed by atoms with van der Waals surface area (Å²) in [6.45, 7) is 0.460. The van der Waals surface area contributed by atoms with E-state index in [1.54, 1.807) is 6.07 Å². The normalized spacial score (nSPS) is 19.0. The molecule has 1 aliphatic heterocycles. The highest BCUT2D eigenvalue weighted by Gasteiger charge is 2.33.